The van der Waals surface area contributed by atoms with Crippen LogP contribution < -0.4 is 9.96 Å². The third kappa shape index (κ3) is 0.694. The van der Waals surface area contributed by atoms with Gasteiger partial charge in [0.1, 0.15) is 0 Å². The van der Waals surface area contributed by atoms with Crippen LogP contribution in [0.1, 0.15) is 0 Å². The minimum absolute atomic E-state index is 0.210. The van der Waals surface area contributed by atoms with Crippen molar-refractivity contribution in [3.63, 3.8) is 0 Å². The van der Waals surface area contributed by atoms with E-state index >= 15 is 0 Å². The van der Waals surface area contributed by atoms with Crippen molar-refractivity contribution in [2.24, 2.45) is 0 Å². The van der Waals surface area contributed by atoms with Crippen LogP contribution >= 0.6 is 0 Å². The zero-order valence-corrected chi connectivity index (χ0v) is 6.43. The Morgan fingerprint density at radius 1 is 1.00 bits per heavy atom. The molecule has 0 fully saturated rings. The molecular formula is C6H8N2Si. The fourth-order valence-electron chi connectivity index (χ4n) is 1.03. The van der Waals surface area contributed by atoms with E-state index in [0.29, 0.717) is 0 Å². The molecule has 0 unspecified atom stereocenters. The average molecular weight is 136 g/mol. The standard InChI is InChI=1S/C6H8N2Si/c1-2-4-6-5(3-1)7-9-8-6/h1-4,7-8H,9H2. The molecule has 1 aliphatic rings. The van der Waals surface area contributed by atoms with Gasteiger partial charge < -0.3 is 9.96 Å². The second-order valence-corrected chi connectivity index (χ2v) is 3.14. The van der Waals surface area contributed by atoms with Gasteiger partial charge in [-0.15, -0.1) is 0 Å². The minimum atomic E-state index is -0.210. The Morgan fingerprint density at radius 3 is 2.11 bits per heavy atom. The third-order valence-electron chi connectivity index (χ3n) is 1.48. The van der Waals surface area contributed by atoms with Crippen LogP contribution in [0.15, 0.2) is 24.3 Å². The van der Waals surface area contributed by atoms with Gasteiger partial charge in [0, 0.05) is 11.4 Å². The summed E-state index contributed by atoms with van der Waals surface area (Å²) in [6, 6.07) is 8.30. The Morgan fingerprint density at radius 2 is 1.56 bits per heavy atom. The first-order chi connectivity index (χ1) is 4.47. The summed E-state index contributed by atoms with van der Waals surface area (Å²) in [5, 5.41) is 0. The molecule has 0 saturated carbocycles. The molecule has 2 N–H and O–H groups in total. The maximum absolute atomic E-state index is 3.33. The normalized spacial score (nSPS) is 13.8. The van der Waals surface area contributed by atoms with E-state index in [-0.39, 0.29) is 9.84 Å². The molecule has 1 aromatic rings. The highest BCUT2D eigenvalue weighted by molar-refractivity contribution is 6.48. The summed E-state index contributed by atoms with van der Waals surface area (Å²) in [6.07, 6.45) is 0. The molecule has 1 heterocycles. The number of para-hydroxylation sites is 2. The van der Waals surface area contributed by atoms with Crippen molar-refractivity contribution in [3.8, 4) is 0 Å². The Kier molecular flexibility index (Phi) is 0.958. The lowest BCUT2D eigenvalue weighted by Gasteiger charge is -1.94. The number of fused-ring (bicyclic) bond motifs is 1. The second-order valence-electron chi connectivity index (χ2n) is 2.08. The summed E-state index contributed by atoms with van der Waals surface area (Å²) in [7, 11) is -0.210. The van der Waals surface area contributed by atoms with Gasteiger partial charge >= 0.3 is 0 Å². The number of hydrogen-bond donors (Lipinski definition) is 2. The predicted molar refractivity (Wildman–Crippen MR) is 42.2 cm³/mol. The van der Waals surface area contributed by atoms with E-state index < -0.39 is 0 Å². The number of benzene rings is 1. The SMILES string of the molecule is c1ccc2c(c1)N[SiH2]N2. The maximum Gasteiger partial charge on any atom is 0.225 e. The number of anilines is 2. The lowest BCUT2D eigenvalue weighted by Crippen LogP contribution is -2.05. The fourth-order valence-corrected chi connectivity index (χ4v) is 2.11. The number of nitrogens with one attached hydrogen (secondary N) is 2. The molecule has 0 amide bonds. The lowest BCUT2D eigenvalue weighted by molar-refractivity contribution is 1.70. The van der Waals surface area contributed by atoms with Crippen LogP contribution in [0.25, 0.3) is 0 Å². The van der Waals surface area contributed by atoms with Gasteiger partial charge in [0.25, 0.3) is 0 Å². The summed E-state index contributed by atoms with van der Waals surface area (Å²) in [6.45, 7) is 0. The van der Waals surface area contributed by atoms with Gasteiger partial charge in [-0.05, 0) is 12.1 Å². The third-order valence-corrected chi connectivity index (χ3v) is 2.60. The minimum Gasteiger partial charge on any atom is -0.398 e. The Labute approximate surface area is 56.3 Å². The van der Waals surface area contributed by atoms with E-state index in [4.69, 9.17) is 0 Å². The Balaban J connectivity index is 2.54. The van der Waals surface area contributed by atoms with Crippen molar-refractivity contribution in [1.29, 1.82) is 0 Å². The van der Waals surface area contributed by atoms with Crippen molar-refractivity contribution in [3.05, 3.63) is 24.3 Å². The van der Waals surface area contributed by atoms with E-state index in [1.807, 2.05) is 12.1 Å². The number of hydrogen-bond acceptors (Lipinski definition) is 2. The van der Waals surface area contributed by atoms with Crippen LogP contribution in [0.4, 0.5) is 11.4 Å². The molecule has 3 heteroatoms. The lowest BCUT2D eigenvalue weighted by atomic mass is 10.3. The molecule has 46 valence electrons. The highest BCUT2D eigenvalue weighted by atomic mass is 28.2. The molecule has 0 saturated heterocycles. The van der Waals surface area contributed by atoms with Crippen molar-refractivity contribution >= 4 is 21.2 Å². The summed E-state index contributed by atoms with van der Waals surface area (Å²) < 4.78 is 0. The Hall–Kier alpha value is -0.963. The van der Waals surface area contributed by atoms with Crippen molar-refractivity contribution < 1.29 is 0 Å². The molecule has 0 spiro atoms. The summed E-state index contributed by atoms with van der Waals surface area (Å²) in [5.74, 6) is 0. The van der Waals surface area contributed by atoms with Crippen LogP contribution in [0, 0.1) is 0 Å². The zero-order valence-electron chi connectivity index (χ0n) is 5.02. The van der Waals surface area contributed by atoms with E-state index in [2.05, 4.69) is 22.1 Å². The predicted octanol–water partition coefficient (Wildman–Crippen LogP) is 0.523. The van der Waals surface area contributed by atoms with Gasteiger partial charge in [0.2, 0.25) is 9.84 Å². The second kappa shape index (κ2) is 1.77. The van der Waals surface area contributed by atoms with Crippen molar-refractivity contribution in [2.75, 3.05) is 9.96 Å². The highest BCUT2D eigenvalue weighted by Crippen LogP contribution is 2.23. The first-order valence-electron chi connectivity index (χ1n) is 3.03. The molecule has 1 aromatic carbocycles. The van der Waals surface area contributed by atoms with Crippen LogP contribution in [0.5, 0.6) is 0 Å². The fraction of sp³-hybridized carbons (Fsp3) is 0. The monoisotopic (exact) mass is 136 g/mol. The van der Waals surface area contributed by atoms with E-state index in [9.17, 15) is 0 Å². The first-order valence-corrected chi connectivity index (χ1v) is 4.45. The molecule has 0 aliphatic carbocycles. The highest BCUT2D eigenvalue weighted by Gasteiger charge is 2.05. The molecule has 0 radical (unpaired) electrons. The van der Waals surface area contributed by atoms with Gasteiger partial charge in [0.15, 0.2) is 0 Å². The molecule has 2 nitrogen and oxygen atoms in total. The quantitative estimate of drug-likeness (QED) is 0.508. The summed E-state index contributed by atoms with van der Waals surface area (Å²) in [4.78, 5) is 6.66. The molecule has 0 bridgehead atoms. The molecule has 0 atom stereocenters. The van der Waals surface area contributed by atoms with Gasteiger partial charge in [-0.3, -0.25) is 0 Å². The summed E-state index contributed by atoms with van der Waals surface area (Å²) >= 11 is 0. The molecule has 9 heavy (non-hydrogen) atoms. The van der Waals surface area contributed by atoms with Crippen LogP contribution in [-0.2, 0) is 0 Å². The van der Waals surface area contributed by atoms with Gasteiger partial charge in [-0.1, -0.05) is 12.1 Å². The zero-order chi connectivity index (χ0) is 6.10. The Bertz CT molecular complexity index is 201. The summed E-state index contributed by atoms with van der Waals surface area (Å²) in [5.41, 5.74) is 2.54. The maximum atomic E-state index is 3.33. The van der Waals surface area contributed by atoms with E-state index in [1.165, 1.54) is 11.4 Å². The smallest absolute Gasteiger partial charge is 0.225 e. The molecule has 0 aromatic heterocycles. The number of rotatable bonds is 0. The van der Waals surface area contributed by atoms with Crippen LogP contribution in [0.2, 0.25) is 0 Å². The van der Waals surface area contributed by atoms with E-state index in [0.717, 1.165) is 0 Å². The van der Waals surface area contributed by atoms with Gasteiger partial charge in [-0.25, -0.2) is 0 Å². The van der Waals surface area contributed by atoms with Crippen molar-refractivity contribution in [1.82, 2.24) is 0 Å². The molecular weight excluding hydrogens is 128 g/mol. The average Bonchev–Trinajstić information content (AvgIpc) is 2.33. The van der Waals surface area contributed by atoms with Gasteiger partial charge in [-0.2, -0.15) is 0 Å². The first kappa shape index (κ1) is 4.87. The van der Waals surface area contributed by atoms with E-state index in [1.54, 1.807) is 0 Å². The van der Waals surface area contributed by atoms with Gasteiger partial charge in [0.05, 0.1) is 0 Å². The van der Waals surface area contributed by atoms with Crippen LogP contribution in [0.3, 0.4) is 0 Å². The topological polar surface area (TPSA) is 24.1 Å². The largest absolute Gasteiger partial charge is 0.398 e. The molecule has 2 rings (SSSR count). The molecule has 1 aliphatic heterocycles. The van der Waals surface area contributed by atoms with Crippen LogP contribution in [-0.4, -0.2) is 9.84 Å². The van der Waals surface area contributed by atoms with Crippen molar-refractivity contribution in [2.45, 2.75) is 0 Å².